The average molecular weight is 196 g/mol. The van der Waals surface area contributed by atoms with E-state index in [1.165, 1.54) is 18.5 Å². The first kappa shape index (κ1) is 10.5. The molecule has 0 aliphatic carbocycles. The van der Waals surface area contributed by atoms with Crippen LogP contribution in [-0.2, 0) is 11.2 Å². The molecular weight excluding hydrogens is 184 g/mol. The van der Waals surface area contributed by atoms with Crippen LogP contribution in [0.4, 0.5) is 0 Å². The molecule has 3 N–H and O–H groups in total. The number of hydrogen-bond donors (Lipinski definition) is 3. The predicted molar refractivity (Wildman–Crippen MR) is 50.1 cm³/mol. The number of rotatable bonds is 4. The first-order valence-electron chi connectivity index (χ1n) is 4.16. The van der Waals surface area contributed by atoms with Gasteiger partial charge in [0.05, 0.1) is 6.20 Å². The van der Waals surface area contributed by atoms with Gasteiger partial charge in [0.1, 0.15) is 11.8 Å². The predicted octanol–water partition coefficient (Wildman–Crippen LogP) is 0.00230. The van der Waals surface area contributed by atoms with Crippen LogP contribution in [0.1, 0.15) is 5.56 Å². The summed E-state index contributed by atoms with van der Waals surface area (Å²) in [4.78, 5) is 14.4. The lowest BCUT2D eigenvalue weighted by atomic mass is 10.1. The van der Waals surface area contributed by atoms with E-state index in [0.29, 0.717) is 12.0 Å². The Kier molecular flexibility index (Phi) is 3.41. The maximum atomic E-state index is 10.7. The van der Waals surface area contributed by atoms with E-state index in [1.54, 1.807) is 7.05 Å². The highest BCUT2D eigenvalue weighted by Gasteiger charge is 2.15. The van der Waals surface area contributed by atoms with E-state index in [0.717, 1.165) is 0 Å². The molecule has 0 aliphatic rings. The van der Waals surface area contributed by atoms with Crippen molar-refractivity contribution in [1.29, 1.82) is 0 Å². The second-order valence-electron chi connectivity index (χ2n) is 2.94. The van der Waals surface area contributed by atoms with Crippen molar-refractivity contribution in [3.05, 3.63) is 24.0 Å². The highest BCUT2D eigenvalue weighted by molar-refractivity contribution is 5.73. The molecule has 0 bridgehead atoms. The molecule has 0 amide bonds. The molecule has 0 saturated carbocycles. The van der Waals surface area contributed by atoms with E-state index in [9.17, 15) is 4.79 Å². The normalized spacial score (nSPS) is 12.4. The largest absolute Gasteiger partial charge is 0.506 e. The smallest absolute Gasteiger partial charge is 0.321 e. The molecule has 14 heavy (non-hydrogen) atoms. The lowest BCUT2D eigenvalue weighted by molar-refractivity contribution is -0.139. The molecule has 1 aromatic rings. The summed E-state index contributed by atoms with van der Waals surface area (Å²) in [5.74, 6) is -0.876. The molecule has 0 saturated heterocycles. The zero-order chi connectivity index (χ0) is 10.6. The van der Waals surface area contributed by atoms with Crippen LogP contribution in [-0.4, -0.2) is 34.3 Å². The number of likely N-dealkylation sites (N-methyl/N-ethyl adjacent to an activating group) is 1. The van der Waals surface area contributed by atoms with Crippen molar-refractivity contribution in [2.75, 3.05) is 7.05 Å². The molecule has 0 aromatic carbocycles. The van der Waals surface area contributed by atoms with Gasteiger partial charge in [-0.15, -0.1) is 0 Å². The number of pyridine rings is 1. The Hall–Kier alpha value is -1.62. The number of carbonyl (C=O) groups is 1. The lowest BCUT2D eigenvalue weighted by Crippen LogP contribution is -2.35. The summed E-state index contributed by atoms with van der Waals surface area (Å²) in [6.07, 6.45) is 3.14. The fourth-order valence-corrected chi connectivity index (χ4v) is 1.13. The van der Waals surface area contributed by atoms with E-state index >= 15 is 0 Å². The monoisotopic (exact) mass is 196 g/mol. The fourth-order valence-electron chi connectivity index (χ4n) is 1.13. The van der Waals surface area contributed by atoms with Gasteiger partial charge in [0.15, 0.2) is 0 Å². The minimum atomic E-state index is -0.921. The van der Waals surface area contributed by atoms with E-state index in [2.05, 4.69) is 10.3 Å². The molecule has 1 aromatic heterocycles. The summed E-state index contributed by atoms with van der Waals surface area (Å²) < 4.78 is 0. The number of nitrogens with zero attached hydrogens (tertiary/aromatic N) is 1. The Morgan fingerprint density at radius 2 is 2.36 bits per heavy atom. The van der Waals surface area contributed by atoms with Crippen LogP contribution in [0.15, 0.2) is 18.5 Å². The van der Waals surface area contributed by atoms with Crippen LogP contribution < -0.4 is 5.32 Å². The molecule has 0 fully saturated rings. The number of carboxylic acids is 1. The van der Waals surface area contributed by atoms with E-state index in [-0.39, 0.29) is 5.75 Å². The van der Waals surface area contributed by atoms with Gasteiger partial charge >= 0.3 is 5.97 Å². The Morgan fingerprint density at radius 1 is 1.64 bits per heavy atom. The number of aromatic nitrogens is 1. The first-order valence-corrected chi connectivity index (χ1v) is 4.16. The summed E-state index contributed by atoms with van der Waals surface area (Å²) in [7, 11) is 1.58. The topological polar surface area (TPSA) is 82.5 Å². The van der Waals surface area contributed by atoms with Gasteiger partial charge in [0, 0.05) is 12.6 Å². The standard InChI is InChI=1S/C9H12N2O3/c1-10-8(9(13)14)3-6-2-7(12)5-11-4-6/h2,4-5,8,10,12H,3H2,1H3,(H,13,14)/t8-/m0/s1. The summed E-state index contributed by atoms with van der Waals surface area (Å²) >= 11 is 0. The minimum Gasteiger partial charge on any atom is -0.506 e. The highest BCUT2D eigenvalue weighted by Crippen LogP contribution is 2.10. The molecule has 1 rings (SSSR count). The van der Waals surface area contributed by atoms with Gasteiger partial charge in [-0.2, -0.15) is 0 Å². The van der Waals surface area contributed by atoms with Crippen LogP contribution >= 0.6 is 0 Å². The van der Waals surface area contributed by atoms with Gasteiger partial charge in [-0.1, -0.05) is 0 Å². The molecule has 1 heterocycles. The van der Waals surface area contributed by atoms with Crippen LogP contribution in [0.3, 0.4) is 0 Å². The first-order chi connectivity index (χ1) is 6.63. The van der Waals surface area contributed by atoms with Crippen molar-refractivity contribution >= 4 is 5.97 Å². The maximum absolute atomic E-state index is 10.7. The number of nitrogens with one attached hydrogen (secondary N) is 1. The van der Waals surface area contributed by atoms with Gasteiger partial charge in [0.2, 0.25) is 0 Å². The number of aromatic hydroxyl groups is 1. The van der Waals surface area contributed by atoms with Crippen LogP contribution in [0.5, 0.6) is 5.75 Å². The van der Waals surface area contributed by atoms with E-state index in [4.69, 9.17) is 10.2 Å². The molecular formula is C9H12N2O3. The fraction of sp³-hybridized carbons (Fsp3) is 0.333. The van der Waals surface area contributed by atoms with Crippen molar-refractivity contribution in [3.8, 4) is 5.75 Å². The molecule has 5 nitrogen and oxygen atoms in total. The summed E-state index contributed by atoms with van der Waals surface area (Å²) in [5.41, 5.74) is 0.687. The number of hydrogen-bond acceptors (Lipinski definition) is 4. The SMILES string of the molecule is CN[C@@H](Cc1cncc(O)c1)C(=O)O. The Morgan fingerprint density at radius 3 is 2.86 bits per heavy atom. The summed E-state index contributed by atoms with van der Waals surface area (Å²) in [6, 6.07) is 0.846. The molecule has 0 unspecified atom stereocenters. The maximum Gasteiger partial charge on any atom is 0.321 e. The van der Waals surface area contributed by atoms with Gasteiger partial charge in [-0.05, 0) is 18.7 Å². The van der Waals surface area contributed by atoms with E-state index < -0.39 is 12.0 Å². The average Bonchev–Trinajstić information content (AvgIpc) is 2.14. The molecule has 0 spiro atoms. The van der Waals surface area contributed by atoms with Gasteiger partial charge < -0.3 is 15.5 Å². The molecule has 76 valence electrons. The van der Waals surface area contributed by atoms with Crippen molar-refractivity contribution in [2.24, 2.45) is 0 Å². The second kappa shape index (κ2) is 4.57. The summed E-state index contributed by atoms with van der Waals surface area (Å²) in [5, 5.41) is 20.5. The Balaban J connectivity index is 2.72. The Labute approximate surface area is 81.4 Å². The van der Waals surface area contributed by atoms with Gasteiger partial charge in [0.25, 0.3) is 0 Å². The zero-order valence-electron chi connectivity index (χ0n) is 7.77. The van der Waals surface area contributed by atoms with Crippen LogP contribution in [0.25, 0.3) is 0 Å². The van der Waals surface area contributed by atoms with E-state index in [1.807, 2.05) is 0 Å². The van der Waals surface area contributed by atoms with Crippen molar-refractivity contribution in [2.45, 2.75) is 12.5 Å². The van der Waals surface area contributed by atoms with Crippen molar-refractivity contribution in [3.63, 3.8) is 0 Å². The quantitative estimate of drug-likeness (QED) is 0.631. The lowest BCUT2D eigenvalue weighted by Gasteiger charge is -2.10. The third kappa shape index (κ3) is 2.70. The van der Waals surface area contributed by atoms with Gasteiger partial charge in [-0.25, -0.2) is 0 Å². The van der Waals surface area contributed by atoms with Crippen LogP contribution in [0.2, 0.25) is 0 Å². The van der Waals surface area contributed by atoms with Crippen molar-refractivity contribution < 1.29 is 15.0 Å². The highest BCUT2D eigenvalue weighted by atomic mass is 16.4. The third-order valence-electron chi connectivity index (χ3n) is 1.87. The third-order valence-corrected chi connectivity index (χ3v) is 1.87. The second-order valence-corrected chi connectivity index (χ2v) is 2.94. The molecule has 5 heteroatoms. The number of aliphatic carboxylic acids is 1. The minimum absolute atomic E-state index is 0.0442. The van der Waals surface area contributed by atoms with Crippen LogP contribution in [0, 0.1) is 0 Å². The zero-order valence-corrected chi connectivity index (χ0v) is 7.77. The molecule has 0 aliphatic heterocycles. The Bertz CT molecular complexity index is 328. The molecule has 0 radical (unpaired) electrons. The number of carboxylic acid groups (broad SMARTS) is 1. The summed E-state index contributed by atoms with van der Waals surface area (Å²) in [6.45, 7) is 0. The molecule has 1 atom stereocenters. The van der Waals surface area contributed by atoms with Crippen molar-refractivity contribution in [1.82, 2.24) is 10.3 Å². The van der Waals surface area contributed by atoms with Gasteiger partial charge in [-0.3, -0.25) is 9.78 Å².